The first kappa shape index (κ1) is 12.5. The van der Waals surface area contributed by atoms with Gasteiger partial charge in [0.1, 0.15) is 5.54 Å². The van der Waals surface area contributed by atoms with Crippen molar-refractivity contribution in [2.24, 2.45) is 0 Å². The van der Waals surface area contributed by atoms with E-state index in [9.17, 15) is 9.90 Å². The average Bonchev–Trinajstić information content (AvgIpc) is 2.99. The van der Waals surface area contributed by atoms with Crippen LogP contribution in [0, 0.1) is 0 Å². The summed E-state index contributed by atoms with van der Waals surface area (Å²) in [5.41, 5.74) is -0.772. The zero-order chi connectivity index (χ0) is 11.5. The second-order valence-corrected chi connectivity index (χ2v) is 4.34. The van der Waals surface area contributed by atoms with Crippen LogP contribution in [0.15, 0.2) is 0 Å². The van der Waals surface area contributed by atoms with Gasteiger partial charge in [0.25, 0.3) is 0 Å². The van der Waals surface area contributed by atoms with Crippen LogP contribution >= 0.6 is 0 Å². The fourth-order valence-corrected chi connectivity index (χ4v) is 2.07. The van der Waals surface area contributed by atoms with Crippen molar-refractivity contribution in [3.8, 4) is 0 Å². The van der Waals surface area contributed by atoms with Crippen molar-refractivity contribution in [1.82, 2.24) is 4.90 Å². The van der Waals surface area contributed by atoms with Crippen LogP contribution < -0.4 is 0 Å². The van der Waals surface area contributed by atoms with E-state index in [2.05, 4.69) is 4.90 Å². The molecule has 0 amide bonds. The average molecular weight is 215 g/mol. The predicted octanol–water partition coefficient (Wildman–Crippen LogP) is 1.35. The Morgan fingerprint density at radius 2 is 2.20 bits per heavy atom. The summed E-state index contributed by atoms with van der Waals surface area (Å²) in [6, 6.07) is 0.466. The number of aliphatic carboxylic acids is 1. The lowest BCUT2D eigenvalue weighted by Gasteiger charge is -2.37. The summed E-state index contributed by atoms with van der Waals surface area (Å²) < 4.78 is 4.99. The molecule has 1 N–H and O–H groups in total. The maximum atomic E-state index is 11.4. The topological polar surface area (TPSA) is 49.8 Å². The van der Waals surface area contributed by atoms with Crippen LogP contribution in [0.5, 0.6) is 0 Å². The van der Waals surface area contributed by atoms with E-state index < -0.39 is 11.5 Å². The minimum Gasteiger partial charge on any atom is -0.480 e. The first-order chi connectivity index (χ1) is 7.06. The van der Waals surface area contributed by atoms with Gasteiger partial charge >= 0.3 is 5.97 Å². The molecular weight excluding hydrogens is 194 g/mol. The number of ether oxygens (including phenoxy) is 1. The number of carbonyl (C=O) groups is 1. The molecule has 0 spiro atoms. The van der Waals surface area contributed by atoms with Gasteiger partial charge in [-0.2, -0.15) is 0 Å². The van der Waals surface area contributed by atoms with E-state index >= 15 is 0 Å². The lowest BCUT2D eigenvalue weighted by atomic mass is 9.95. The van der Waals surface area contributed by atoms with Crippen LogP contribution in [0.1, 0.15) is 33.1 Å². The summed E-state index contributed by atoms with van der Waals surface area (Å²) in [6.45, 7) is 5.10. The third kappa shape index (κ3) is 2.69. The lowest BCUT2D eigenvalue weighted by molar-refractivity contribution is -0.152. The molecule has 1 atom stereocenters. The highest BCUT2D eigenvalue weighted by Crippen LogP contribution is 2.34. The van der Waals surface area contributed by atoms with E-state index in [1.54, 1.807) is 14.0 Å². The number of carboxylic acids is 1. The minimum absolute atomic E-state index is 0.466. The Hall–Kier alpha value is -0.610. The third-order valence-electron chi connectivity index (χ3n) is 3.22. The van der Waals surface area contributed by atoms with Crippen LogP contribution in [0.3, 0.4) is 0 Å². The summed E-state index contributed by atoms with van der Waals surface area (Å²) >= 11 is 0. The molecule has 0 heterocycles. The highest BCUT2D eigenvalue weighted by atomic mass is 16.5. The summed E-state index contributed by atoms with van der Waals surface area (Å²) in [4.78, 5) is 13.5. The molecule has 1 unspecified atom stereocenters. The maximum Gasteiger partial charge on any atom is 0.323 e. The Balaban J connectivity index is 2.72. The lowest BCUT2D eigenvalue weighted by Crippen LogP contribution is -2.54. The minimum atomic E-state index is -0.772. The molecule has 1 fully saturated rings. The second kappa shape index (κ2) is 4.94. The van der Waals surface area contributed by atoms with Crippen molar-refractivity contribution >= 4 is 5.97 Å². The number of nitrogens with zero attached hydrogens (tertiary/aromatic N) is 1. The molecule has 0 aromatic heterocycles. The van der Waals surface area contributed by atoms with Gasteiger partial charge in [-0.05, 0) is 32.7 Å². The zero-order valence-corrected chi connectivity index (χ0v) is 9.82. The van der Waals surface area contributed by atoms with Crippen molar-refractivity contribution in [3.63, 3.8) is 0 Å². The van der Waals surface area contributed by atoms with Crippen molar-refractivity contribution in [2.45, 2.75) is 44.7 Å². The molecule has 4 heteroatoms. The van der Waals surface area contributed by atoms with Crippen LogP contribution in [0.4, 0.5) is 0 Å². The van der Waals surface area contributed by atoms with Crippen LogP contribution in [0.25, 0.3) is 0 Å². The van der Waals surface area contributed by atoms with E-state index in [4.69, 9.17) is 4.74 Å². The van der Waals surface area contributed by atoms with E-state index in [-0.39, 0.29) is 0 Å². The van der Waals surface area contributed by atoms with E-state index in [0.717, 1.165) is 19.4 Å². The Morgan fingerprint density at radius 3 is 2.53 bits per heavy atom. The molecule has 0 aromatic rings. The van der Waals surface area contributed by atoms with Gasteiger partial charge in [-0.25, -0.2) is 0 Å². The molecule has 4 nitrogen and oxygen atoms in total. The number of methoxy groups -OCH3 is 1. The van der Waals surface area contributed by atoms with E-state index in [1.165, 1.54) is 0 Å². The predicted molar refractivity (Wildman–Crippen MR) is 57.9 cm³/mol. The Morgan fingerprint density at radius 1 is 1.60 bits per heavy atom. The first-order valence-electron chi connectivity index (χ1n) is 5.55. The van der Waals surface area contributed by atoms with Crippen molar-refractivity contribution < 1.29 is 14.6 Å². The summed E-state index contributed by atoms with van der Waals surface area (Å²) in [7, 11) is 1.61. The van der Waals surface area contributed by atoms with E-state index in [0.29, 0.717) is 19.1 Å². The summed E-state index contributed by atoms with van der Waals surface area (Å²) in [6.07, 6.45) is 2.80. The normalized spacial score (nSPS) is 20.3. The van der Waals surface area contributed by atoms with Gasteiger partial charge < -0.3 is 9.84 Å². The van der Waals surface area contributed by atoms with Crippen LogP contribution in [-0.4, -0.2) is 47.8 Å². The summed E-state index contributed by atoms with van der Waals surface area (Å²) in [5, 5.41) is 9.34. The van der Waals surface area contributed by atoms with Gasteiger partial charge in [0.05, 0.1) is 0 Å². The second-order valence-electron chi connectivity index (χ2n) is 4.34. The van der Waals surface area contributed by atoms with Gasteiger partial charge in [-0.1, -0.05) is 6.92 Å². The number of rotatable bonds is 7. The number of hydrogen-bond donors (Lipinski definition) is 1. The Kier molecular flexibility index (Phi) is 4.11. The van der Waals surface area contributed by atoms with Crippen molar-refractivity contribution in [1.29, 1.82) is 0 Å². The molecule has 1 aliphatic carbocycles. The van der Waals surface area contributed by atoms with Gasteiger partial charge in [0.15, 0.2) is 0 Å². The summed E-state index contributed by atoms with van der Waals surface area (Å²) in [5.74, 6) is -0.742. The quantitative estimate of drug-likeness (QED) is 0.696. The molecule has 15 heavy (non-hydrogen) atoms. The molecule has 0 saturated heterocycles. The number of hydrogen-bond acceptors (Lipinski definition) is 3. The van der Waals surface area contributed by atoms with Gasteiger partial charge in [-0.3, -0.25) is 9.69 Å². The monoisotopic (exact) mass is 215 g/mol. The third-order valence-corrected chi connectivity index (χ3v) is 3.22. The Bertz CT molecular complexity index is 228. The highest BCUT2D eigenvalue weighted by Gasteiger charge is 2.45. The molecular formula is C11H21NO3. The number of likely N-dealkylation sites (N-methyl/N-ethyl adjacent to an activating group) is 1. The molecule has 1 rings (SSSR count). The molecule has 0 bridgehead atoms. The largest absolute Gasteiger partial charge is 0.480 e. The fraction of sp³-hybridized carbons (Fsp3) is 0.909. The SMILES string of the molecule is CCN(C1CC1)C(C)(CCOC)C(=O)O. The van der Waals surface area contributed by atoms with Gasteiger partial charge in [0, 0.05) is 19.8 Å². The van der Waals surface area contributed by atoms with Crippen LogP contribution in [-0.2, 0) is 9.53 Å². The molecule has 0 aromatic carbocycles. The fourth-order valence-electron chi connectivity index (χ4n) is 2.07. The standard InChI is InChI=1S/C11H21NO3/c1-4-12(9-5-6-9)11(2,10(13)14)7-8-15-3/h9H,4-8H2,1-3H3,(H,13,14). The number of carboxylic acid groups (broad SMARTS) is 1. The molecule has 88 valence electrons. The highest BCUT2D eigenvalue weighted by molar-refractivity contribution is 5.78. The smallest absolute Gasteiger partial charge is 0.323 e. The zero-order valence-electron chi connectivity index (χ0n) is 9.82. The van der Waals surface area contributed by atoms with Crippen molar-refractivity contribution in [3.05, 3.63) is 0 Å². The first-order valence-corrected chi connectivity index (χ1v) is 5.55. The van der Waals surface area contributed by atoms with E-state index in [1.807, 2.05) is 6.92 Å². The molecule has 1 saturated carbocycles. The molecule has 1 aliphatic rings. The maximum absolute atomic E-state index is 11.4. The van der Waals surface area contributed by atoms with Crippen molar-refractivity contribution in [2.75, 3.05) is 20.3 Å². The molecule has 0 radical (unpaired) electrons. The van der Waals surface area contributed by atoms with Gasteiger partial charge in [-0.15, -0.1) is 0 Å². The molecule has 0 aliphatic heterocycles. The Labute approximate surface area is 91.2 Å². The van der Waals surface area contributed by atoms with Gasteiger partial charge in [0.2, 0.25) is 0 Å². The van der Waals surface area contributed by atoms with Crippen LogP contribution in [0.2, 0.25) is 0 Å².